The molecule has 0 radical (unpaired) electrons. The predicted molar refractivity (Wildman–Crippen MR) is 124 cm³/mol. The molecule has 1 amide bonds. The Balaban J connectivity index is 2.01. The van der Waals surface area contributed by atoms with Crippen LogP contribution in [0.15, 0.2) is 29.0 Å². The molecule has 3 aliphatic carbocycles. The van der Waals surface area contributed by atoms with Gasteiger partial charge in [-0.3, -0.25) is 19.3 Å². The highest BCUT2D eigenvalue weighted by Crippen LogP contribution is 2.55. The number of rotatable bonds is 4. The number of phenols is 1. The van der Waals surface area contributed by atoms with Gasteiger partial charge in [-0.25, -0.2) is 0 Å². The lowest BCUT2D eigenvalue weighted by Gasteiger charge is -2.52. The highest BCUT2D eigenvalue weighted by molar-refractivity contribution is 6.24. The number of nitrogens with two attached hydrogens (primary N) is 1. The summed E-state index contributed by atoms with van der Waals surface area (Å²) >= 11 is 0. The van der Waals surface area contributed by atoms with Gasteiger partial charge in [0.1, 0.15) is 22.8 Å². The summed E-state index contributed by atoms with van der Waals surface area (Å²) in [5.41, 5.74) is 1.58. The Labute approximate surface area is 210 Å². The lowest BCUT2D eigenvalue weighted by atomic mass is 9.57. The van der Waals surface area contributed by atoms with Crippen molar-refractivity contribution in [3.8, 4) is 5.75 Å². The monoisotopic (exact) mass is 524 g/mol. The molecule has 200 valence electrons. The number of alkyl halides is 3. The molecule has 9 nitrogen and oxygen atoms in total. The number of likely N-dealkylation sites (N-methyl/N-ethyl adjacent to an activating group) is 1. The summed E-state index contributed by atoms with van der Waals surface area (Å²) in [4.78, 5) is 40.8. The maximum Gasteiger partial charge on any atom is 0.395 e. The number of aromatic hydroxyl groups is 1. The van der Waals surface area contributed by atoms with Gasteiger partial charge in [0.05, 0.1) is 17.5 Å². The number of halogens is 3. The molecule has 0 bridgehead atoms. The van der Waals surface area contributed by atoms with E-state index in [2.05, 4.69) is 0 Å². The van der Waals surface area contributed by atoms with Crippen LogP contribution in [0.2, 0.25) is 0 Å². The van der Waals surface area contributed by atoms with Crippen LogP contribution in [-0.2, 0) is 25.5 Å². The van der Waals surface area contributed by atoms with Gasteiger partial charge in [-0.1, -0.05) is 6.07 Å². The zero-order chi connectivity index (χ0) is 27.8. The lowest BCUT2D eigenvalue weighted by molar-refractivity contribution is -0.159. The molecule has 1 aromatic rings. The Morgan fingerprint density at radius 2 is 1.84 bits per heavy atom. The molecular weight excluding hydrogens is 497 g/mol. The van der Waals surface area contributed by atoms with Crippen molar-refractivity contribution in [2.75, 3.05) is 21.2 Å². The van der Waals surface area contributed by atoms with Crippen molar-refractivity contribution < 1.29 is 47.6 Å². The predicted octanol–water partition coefficient (Wildman–Crippen LogP) is 2.28. The first kappa shape index (κ1) is 26.7. The van der Waals surface area contributed by atoms with E-state index < -0.39 is 75.9 Å². The number of nitrogens with zero attached hydrogens (tertiary/aromatic N) is 1. The van der Waals surface area contributed by atoms with Gasteiger partial charge < -0.3 is 25.8 Å². The van der Waals surface area contributed by atoms with Crippen LogP contribution in [0.25, 0.3) is 5.76 Å². The van der Waals surface area contributed by atoms with Gasteiger partial charge in [-0.05, 0) is 57.0 Å². The number of Topliss-reactive ketones (excluding diaryl/α,β-unsaturated/α-hetero) is 2. The Bertz CT molecular complexity index is 1280. The molecule has 0 aromatic heterocycles. The molecule has 37 heavy (non-hydrogen) atoms. The van der Waals surface area contributed by atoms with Crippen LogP contribution in [-0.4, -0.2) is 76.7 Å². The number of carbonyl (C=O) groups excluding carboxylic acids is 3. The summed E-state index contributed by atoms with van der Waals surface area (Å²) in [5, 5.41) is 32.8. The Morgan fingerprint density at radius 1 is 1.22 bits per heavy atom. The second kappa shape index (κ2) is 8.59. The normalized spacial score (nSPS) is 28.7. The molecule has 1 aromatic carbocycles. The number of aliphatic hydroxyl groups is 2. The highest BCUT2D eigenvalue weighted by Gasteiger charge is 2.65. The van der Waals surface area contributed by atoms with E-state index in [4.69, 9.17) is 10.5 Å². The number of carbonyl (C=O) groups is 3. The zero-order valence-electron chi connectivity index (χ0n) is 20.5. The van der Waals surface area contributed by atoms with Crippen molar-refractivity contribution in [1.29, 1.82) is 0 Å². The smallest absolute Gasteiger partial charge is 0.395 e. The van der Waals surface area contributed by atoms with Gasteiger partial charge in [0, 0.05) is 18.6 Å². The van der Waals surface area contributed by atoms with E-state index in [0.717, 1.165) is 26.2 Å². The van der Waals surface area contributed by atoms with Gasteiger partial charge >= 0.3 is 6.18 Å². The van der Waals surface area contributed by atoms with Crippen molar-refractivity contribution in [2.24, 2.45) is 17.6 Å². The van der Waals surface area contributed by atoms with Crippen molar-refractivity contribution in [3.63, 3.8) is 0 Å². The van der Waals surface area contributed by atoms with E-state index >= 15 is 0 Å². The Morgan fingerprint density at radius 3 is 2.35 bits per heavy atom. The number of aliphatic hydroxyl groups excluding tert-OH is 2. The van der Waals surface area contributed by atoms with Gasteiger partial charge in [0.25, 0.3) is 5.91 Å². The van der Waals surface area contributed by atoms with Crippen LogP contribution in [0.5, 0.6) is 5.75 Å². The van der Waals surface area contributed by atoms with Gasteiger partial charge in [-0.2, -0.15) is 13.2 Å². The number of ether oxygens (including phenoxy) is 1. The first-order valence-electron chi connectivity index (χ1n) is 11.5. The number of hydrogen-bond acceptors (Lipinski definition) is 8. The second-order valence-corrected chi connectivity index (χ2v) is 9.93. The van der Waals surface area contributed by atoms with E-state index in [1.807, 2.05) is 0 Å². The average molecular weight is 524 g/mol. The van der Waals surface area contributed by atoms with Crippen LogP contribution in [0.1, 0.15) is 36.0 Å². The molecule has 1 saturated carbocycles. The van der Waals surface area contributed by atoms with Gasteiger partial charge in [0.2, 0.25) is 5.78 Å². The molecule has 0 spiro atoms. The molecule has 0 saturated heterocycles. The minimum absolute atomic E-state index is 0.0370. The fourth-order valence-corrected chi connectivity index (χ4v) is 6.17. The first-order chi connectivity index (χ1) is 17.1. The topological polar surface area (TPSA) is 150 Å². The molecule has 5 atom stereocenters. The third kappa shape index (κ3) is 3.57. The summed E-state index contributed by atoms with van der Waals surface area (Å²) in [6.45, 7) is 0.959. The molecule has 12 heteroatoms. The summed E-state index contributed by atoms with van der Waals surface area (Å²) in [6.07, 6.45) is -4.83. The quantitative estimate of drug-likeness (QED) is 0.438. The molecule has 0 heterocycles. The molecule has 0 aliphatic heterocycles. The SMILES string of the molecule is CO[C@]12C(=O)C3=C(O)c4c(O)ccc(C(C)C(F)(F)F)c4C[C@H]3C[C@H]1[C@H](N(C)C)C(=O)C(C(N)=O)=C2O. The fourth-order valence-electron chi connectivity index (χ4n) is 6.17. The Kier molecular flexibility index (Phi) is 6.19. The van der Waals surface area contributed by atoms with Crippen LogP contribution in [0, 0.1) is 11.8 Å². The fraction of sp³-hybridized carbons (Fsp3) is 0.480. The van der Waals surface area contributed by atoms with E-state index in [1.54, 1.807) is 0 Å². The second-order valence-electron chi connectivity index (χ2n) is 9.93. The third-order valence-corrected chi connectivity index (χ3v) is 7.89. The van der Waals surface area contributed by atoms with Crippen molar-refractivity contribution in [2.45, 2.75) is 43.5 Å². The minimum atomic E-state index is -4.61. The molecule has 1 fully saturated rings. The minimum Gasteiger partial charge on any atom is -0.508 e. The number of ketones is 2. The Hall–Kier alpha value is -3.38. The molecule has 3 aliphatic rings. The van der Waals surface area contributed by atoms with E-state index in [0.29, 0.717) is 0 Å². The molecule has 5 N–H and O–H groups in total. The van der Waals surface area contributed by atoms with Gasteiger partial charge in [-0.15, -0.1) is 0 Å². The maximum atomic E-state index is 14.0. The van der Waals surface area contributed by atoms with E-state index in [-0.39, 0.29) is 35.1 Å². The lowest BCUT2D eigenvalue weighted by Crippen LogP contribution is -2.66. The highest BCUT2D eigenvalue weighted by atomic mass is 19.4. The number of primary amides is 1. The largest absolute Gasteiger partial charge is 0.508 e. The number of hydrogen-bond donors (Lipinski definition) is 4. The average Bonchev–Trinajstić information content (AvgIpc) is 2.77. The number of amides is 1. The number of methoxy groups -OCH3 is 1. The van der Waals surface area contributed by atoms with Crippen molar-refractivity contribution in [3.05, 3.63) is 45.7 Å². The molecule has 1 unspecified atom stereocenters. The molecular formula is C25H27F3N2O7. The van der Waals surface area contributed by atoms with Crippen molar-refractivity contribution in [1.82, 2.24) is 4.90 Å². The van der Waals surface area contributed by atoms with Crippen LogP contribution in [0.3, 0.4) is 0 Å². The standard InChI is InChI=1S/C25H27F3N2O7/c1-9(25(26,27)28)11-5-6-14(31)16-12(11)7-10-8-13-18(30(2)3)20(33)17(23(29)36)22(35)24(13,37-4)21(34)15(10)19(16)32/h5-6,9-10,13,18,31-32,35H,7-8H2,1-4H3,(H2,29,36)/t9?,10-,13-,18-,24-/m0/s1. The zero-order valence-corrected chi connectivity index (χ0v) is 20.5. The summed E-state index contributed by atoms with van der Waals surface area (Å²) in [5.74, 6) is -9.17. The van der Waals surface area contributed by atoms with Crippen LogP contribution in [0.4, 0.5) is 13.2 Å². The van der Waals surface area contributed by atoms with Crippen LogP contribution < -0.4 is 5.73 Å². The molecule has 4 rings (SSSR count). The number of phenolic OH excluding ortho intramolecular Hbond substituents is 1. The van der Waals surface area contributed by atoms with E-state index in [1.165, 1.54) is 19.0 Å². The summed E-state index contributed by atoms with van der Waals surface area (Å²) in [7, 11) is 4.14. The maximum absolute atomic E-state index is 14.0. The summed E-state index contributed by atoms with van der Waals surface area (Å²) < 4.78 is 46.4. The van der Waals surface area contributed by atoms with Crippen molar-refractivity contribution >= 4 is 23.2 Å². The van der Waals surface area contributed by atoms with E-state index in [9.17, 15) is 42.9 Å². The van der Waals surface area contributed by atoms with Gasteiger partial charge in [0.15, 0.2) is 11.4 Å². The number of benzene rings is 1. The third-order valence-electron chi connectivity index (χ3n) is 7.89. The van der Waals surface area contributed by atoms with Crippen LogP contribution >= 0.6 is 0 Å². The number of fused-ring (bicyclic) bond motifs is 3. The first-order valence-corrected chi connectivity index (χ1v) is 11.5. The summed E-state index contributed by atoms with van der Waals surface area (Å²) in [6, 6.07) is 1.000.